The zero-order valence-corrected chi connectivity index (χ0v) is 15.2. The van der Waals surface area contributed by atoms with Gasteiger partial charge in [0, 0.05) is 5.56 Å². The van der Waals surface area contributed by atoms with Crippen molar-refractivity contribution >= 4 is 11.9 Å². The highest BCUT2D eigenvalue weighted by molar-refractivity contribution is 5.99. The zero-order valence-electron chi connectivity index (χ0n) is 15.2. The molecule has 134 valence electrons. The van der Waals surface area contributed by atoms with Gasteiger partial charge in [-0.2, -0.15) is 5.26 Å². The van der Waals surface area contributed by atoms with Crippen molar-refractivity contribution in [1.29, 1.82) is 5.26 Å². The van der Waals surface area contributed by atoms with Gasteiger partial charge < -0.3 is 9.47 Å². The molecule has 2 rings (SSSR count). The minimum absolute atomic E-state index is 0.121. The minimum atomic E-state index is -0.670. The third kappa shape index (κ3) is 4.72. The van der Waals surface area contributed by atoms with E-state index in [2.05, 4.69) is 6.07 Å². The van der Waals surface area contributed by atoms with Crippen molar-refractivity contribution < 1.29 is 19.1 Å². The first kappa shape index (κ1) is 18.8. The van der Waals surface area contributed by atoms with Gasteiger partial charge in [-0.25, -0.2) is 4.79 Å². The first-order chi connectivity index (χ1) is 11.7. The highest BCUT2D eigenvalue weighted by atomic mass is 16.6. The number of hydrogen-bond acceptors (Lipinski definition) is 5. The van der Waals surface area contributed by atoms with Crippen molar-refractivity contribution in [3.63, 3.8) is 0 Å². The largest absolute Gasteiger partial charge is 0.497 e. The molecule has 6 nitrogen and oxygen atoms in total. The van der Waals surface area contributed by atoms with Crippen LogP contribution < -0.4 is 4.74 Å². The van der Waals surface area contributed by atoms with Crippen LogP contribution >= 0.6 is 0 Å². The number of ether oxygens (including phenoxy) is 2. The van der Waals surface area contributed by atoms with Crippen LogP contribution in [0.3, 0.4) is 0 Å². The molecule has 0 aromatic heterocycles. The third-order valence-corrected chi connectivity index (χ3v) is 4.12. The summed E-state index contributed by atoms with van der Waals surface area (Å²) in [5, 5.41) is 9.09. The Morgan fingerprint density at radius 1 is 1.32 bits per heavy atom. The Bertz CT molecular complexity index is 696. The van der Waals surface area contributed by atoms with Gasteiger partial charge >= 0.3 is 6.09 Å². The molecule has 1 fully saturated rings. The van der Waals surface area contributed by atoms with Crippen LogP contribution in [-0.2, 0) is 4.74 Å². The predicted molar refractivity (Wildman–Crippen MR) is 92.5 cm³/mol. The second kappa shape index (κ2) is 7.14. The second-order valence-electron chi connectivity index (χ2n) is 7.28. The van der Waals surface area contributed by atoms with Gasteiger partial charge in [0.2, 0.25) is 0 Å². The summed E-state index contributed by atoms with van der Waals surface area (Å²) in [6.07, 6.45) is 1.03. The van der Waals surface area contributed by atoms with Crippen molar-refractivity contribution in [2.24, 2.45) is 0 Å². The third-order valence-electron chi connectivity index (χ3n) is 4.12. The first-order valence-corrected chi connectivity index (χ1v) is 8.26. The lowest BCUT2D eigenvalue weighted by atomic mass is 10.1. The van der Waals surface area contributed by atoms with Crippen LogP contribution in [0.4, 0.5) is 4.79 Å². The van der Waals surface area contributed by atoms with E-state index in [-0.39, 0.29) is 18.7 Å². The number of methoxy groups -OCH3 is 1. The standard InChI is InChI=1S/C19H24N2O4/c1-18(2,3)25-17(23)21(19(8-9-19)10-11-20)13-16(22)14-6-5-7-15(12-14)24-4/h5-7,12H,8-10,13H2,1-4H3. The topological polar surface area (TPSA) is 79.6 Å². The summed E-state index contributed by atoms with van der Waals surface area (Å²) in [5.74, 6) is 0.363. The molecule has 0 bridgehead atoms. The van der Waals surface area contributed by atoms with Crippen molar-refractivity contribution in [2.45, 2.75) is 51.2 Å². The Hall–Kier alpha value is -2.55. The van der Waals surface area contributed by atoms with Gasteiger partial charge in [0.05, 0.1) is 31.7 Å². The van der Waals surface area contributed by atoms with Gasteiger partial charge in [0.15, 0.2) is 5.78 Å². The van der Waals surface area contributed by atoms with E-state index in [1.54, 1.807) is 45.0 Å². The lowest BCUT2D eigenvalue weighted by molar-refractivity contribution is 0.0135. The van der Waals surface area contributed by atoms with E-state index in [1.807, 2.05) is 0 Å². The van der Waals surface area contributed by atoms with Crippen LogP contribution in [0.1, 0.15) is 50.4 Å². The number of ketones is 1. The van der Waals surface area contributed by atoms with Gasteiger partial charge in [-0.15, -0.1) is 0 Å². The number of carbonyl (C=O) groups excluding carboxylic acids is 2. The first-order valence-electron chi connectivity index (χ1n) is 8.26. The molecule has 1 aliphatic carbocycles. The molecule has 0 radical (unpaired) electrons. The molecule has 1 aliphatic rings. The molecule has 0 heterocycles. The molecular weight excluding hydrogens is 320 g/mol. The molecule has 0 saturated heterocycles. The van der Waals surface area contributed by atoms with Crippen LogP contribution in [0.25, 0.3) is 0 Å². The Morgan fingerprint density at radius 2 is 2.00 bits per heavy atom. The lowest BCUT2D eigenvalue weighted by Gasteiger charge is -2.32. The quantitative estimate of drug-likeness (QED) is 0.737. The monoisotopic (exact) mass is 344 g/mol. The maximum Gasteiger partial charge on any atom is 0.411 e. The highest BCUT2D eigenvalue weighted by Gasteiger charge is 2.51. The fourth-order valence-electron chi connectivity index (χ4n) is 2.61. The summed E-state index contributed by atoms with van der Waals surface area (Å²) >= 11 is 0. The van der Waals surface area contributed by atoms with E-state index in [0.29, 0.717) is 24.2 Å². The van der Waals surface area contributed by atoms with Gasteiger partial charge in [0.25, 0.3) is 0 Å². The Labute approximate surface area is 148 Å². The SMILES string of the molecule is COc1cccc(C(=O)CN(C(=O)OC(C)(C)C)C2(CC#N)CC2)c1. The summed E-state index contributed by atoms with van der Waals surface area (Å²) in [6, 6.07) is 8.92. The lowest BCUT2D eigenvalue weighted by Crippen LogP contribution is -2.47. The van der Waals surface area contributed by atoms with Crippen molar-refractivity contribution in [1.82, 2.24) is 4.90 Å². The summed E-state index contributed by atoms with van der Waals surface area (Å²) in [7, 11) is 1.53. The van der Waals surface area contributed by atoms with Gasteiger partial charge in [-0.1, -0.05) is 12.1 Å². The van der Waals surface area contributed by atoms with Crippen molar-refractivity contribution in [2.75, 3.05) is 13.7 Å². The smallest absolute Gasteiger partial charge is 0.411 e. The maximum atomic E-state index is 12.7. The fourth-order valence-corrected chi connectivity index (χ4v) is 2.61. The minimum Gasteiger partial charge on any atom is -0.497 e. The molecule has 0 atom stereocenters. The number of benzene rings is 1. The van der Waals surface area contributed by atoms with E-state index in [4.69, 9.17) is 14.7 Å². The molecule has 0 N–H and O–H groups in total. The van der Waals surface area contributed by atoms with Gasteiger partial charge in [-0.05, 0) is 45.7 Å². The highest BCUT2D eigenvalue weighted by Crippen LogP contribution is 2.45. The van der Waals surface area contributed by atoms with Crippen LogP contribution in [0.15, 0.2) is 24.3 Å². The van der Waals surface area contributed by atoms with Crippen molar-refractivity contribution in [3.05, 3.63) is 29.8 Å². The molecular formula is C19H24N2O4. The Morgan fingerprint density at radius 3 is 2.52 bits per heavy atom. The number of nitrogens with zero attached hydrogens (tertiary/aromatic N) is 2. The summed E-state index contributed by atoms with van der Waals surface area (Å²) < 4.78 is 10.6. The molecule has 1 amide bonds. The predicted octanol–water partition coefficient (Wildman–Crippen LogP) is 3.56. The number of amides is 1. The molecule has 6 heteroatoms. The van der Waals surface area contributed by atoms with Gasteiger partial charge in [-0.3, -0.25) is 9.69 Å². The van der Waals surface area contributed by atoms with E-state index in [0.717, 1.165) is 0 Å². The number of hydrogen-bond donors (Lipinski definition) is 0. The van der Waals surface area contributed by atoms with Gasteiger partial charge in [0.1, 0.15) is 11.4 Å². The number of carbonyl (C=O) groups is 2. The molecule has 0 aliphatic heterocycles. The number of nitriles is 1. The number of rotatable bonds is 6. The van der Waals surface area contributed by atoms with Crippen LogP contribution in [-0.4, -0.2) is 41.6 Å². The normalized spacial score (nSPS) is 15.0. The maximum absolute atomic E-state index is 12.7. The summed E-state index contributed by atoms with van der Waals surface area (Å²) in [4.78, 5) is 26.7. The van der Waals surface area contributed by atoms with Crippen molar-refractivity contribution in [3.8, 4) is 11.8 Å². The number of Topliss-reactive ketones (excluding diaryl/α,β-unsaturated/α-hetero) is 1. The molecule has 1 aromatic carbocycles. The summed E-state index contributed by atoms with van der Waals surface area (Å²) in [5.41, 5.74) is -0.802. The van der Waals surface area contributed by atoms with E-state index < -0.39 is 17.2 Å². The van der Waals surface area contributed by atoms with E-state index in [9.17, 15) is 9.59 Å². The molecule has 1 aromatic rings. The van der Waals surface area contributed by atoms with E-state index >= 15 is 0 Å². The Balaban J connectivity index is 2.22. The Kier molecular flexibility index (Phi) is 5.36. The molecule has 25 heavy (non-hydrogen) atoms. The average molecular weight is 344 g/mol. The zero-order chi connectivity index (χ0) is 18.7. The van der Waals surface area contributed by atoms with Crippen LogP contribution in [0.2, 0.25) is 0 Å². The molecule has 0 spiro atoms. The van der Waals surface area contributed by atoms with E-state index in [1.165, 1.54) is 12.0 Å². The molecule has 0 unspecified atom stereocenters. The average Bonchev–Trinajstić information content (AvgIpc) is 3.31. The second-order valence-corrected chi connectivity index (χ2v) is 7.28. The molecule has 1 saturated carbocycles. The summed E-state index contributed by atoms with van der Waals surface area (Å²) in [6.45, 7) is 5.20. The fraction of sp³-hybridized carbons (Fsp3) is 0.526. The van der Waals surface area contributed by atoms with Crippen LogP contribution in [0.5, 0.6) is 5.75 Å². The van der Waals surface area contributed by atoms with Crippen LogP contribution in [0, 0.1) is 11.3 Å².